The van der Waals surface area contributed by atoms with Gasteiger partial charge in [-0.1, -0.05) is 11.6 Å². The number of hydrogen-bond donors (Lipinski definition) is 2. The maximum absolute atomic E-state index is 12.6. The van der Waals surface area contributed by atoms with Gasteiger partial charge in [-0.05, 0) is 48.8 Å². The van der Waals surface area contributed by atoms with Crippen molar-refractivity contribution in [3.05, 3.63) is 53.3 Å². The van der Waals surface area contributed by atoms with Gasteiger partial charge in [-0.15, -0.1) is 0 Å². The van der Waals surface area contributed by atoms with Crippen LogP contribution in [-0.4, -0.2) is 35.4 Å². The number of thioether (sulfide) groups is 1. The quantitative estimate of drug-likeness (QED) is 0.790. The molecule has 1 aromatic carbocycles. The van der Waals surface area contributed by atoms with Gasteiger partial charge in [0.1, 0.15) is 6.04 Å². The highest BCUT2D eigenvalue weighted by atomic mass is 35.5. The summed E-state index contributed by atoms with van der Waals surface area (Å²) < 4.78 is 1.89. The van der Waals surface area contributed by atoms with E-state index in [1.807, 2.05) is 35.3 Å². The number of amides is 2. The standard InChI is InChI=1S/C17H20ClN3O2S/c1-19-16(22)13-6-5-12(11-14(13)18)20-17(23)15(7-10-24-2)21-8-3-4-9-21/h3-6,8-9,11,15H,7,10H2,1-2H3,(H,19,22)(H,20,23)/t15-/m0/s1. The molecule has 0 radical (unpaired) electrons. The molecule has 128 valence electrons. The van der Waals surface area contributed by atoms with Crippen LogP contribution < -0.4 is 10.6 Å². The number of anilines is 1. The van der Waals surface area contributed by atoms with Crippen LogP contribution in [0.2, 0.25) is 5.02 Å². The number of halogens is 1. The second-order valence-corrected chi connectivity index (χ2v) is 6.58. The molecule has 0 saturated carbocycles. The molecule has 2 N–H and O–H groups in total. The van der Waals surface area contributed by atoms with E-state index in [4.69, 9.17) is 11.6 Å². The molecule has 0 aliphatic rings. The van der Waals surface area contributed by atoms with Crippen LogP contribution in [0.5, 0.6) is 0 Å². The number of nitrogens with zero attached hydrogens (tertiary/aromatic N) is 1. The van der Waals surface area contributed by atoms with Crippen molar-refractivity contribution < 1.29 is 9.59 Å². The highest BCUT2D eigenvalue weighted by Crippen LogP contribution is 2.23. The maximum atomic E-state index is 12.6. The lowest BCUT2D eigenvalue weighted by molar-refractivity contribution is -0.119. The molecule has 0 bridgehead atoms. The van der Waals surface area contributed by atoms with Crippen LogP contribution in [-0.2, 0) is 4.79 Å². The smallest absolute Gasteiger partial charge is 0.252 e. The molecule has 5 nitrogen and oxygen atoms in total. The number of benzene rings is 1. The van der Waals surface area contributed by atoms with Gasteiger partial charge in [0.25, 0.3) is 5.91 Å². The largest absolute Gasteiger partial charge is 0.355 e. The van der Waals surface area contributed by atoms with Gasteiger partial charge in [-0.3, -0.25) is 9.59 Å². The first-order valence-electron chi connectivity index (χ1n) is 7.50. The molecule has 0 spiro atoms. The molecule has 2 aromatic rings. The van der Waals surface area contributed by atoms with Crippen molar-refractivity contribution in [1.82, 2.24) is 9.88 Å². The Balaban J connectivity index is 2.14. The highest BCUT2D eigenvalue weighted by Gasteiger charge is 2.20. The molecule has 2 rings (SSSR count). The predicted octanol–water partition coefficient (Wildman–Crippen LogP) is 3.43. The summed E-state index contributed by atoms with van der Waals surface area (Å²) in [5, 5.41) is 5.70. The Labute approximate surface area is 150 Å². The first-order chi connectivity index (χ1) is 11.6. The summed E-state index contributed by atoms with van der Waals surface area (Å²) in [5.41, 5.74) is 0.945. The molecule has 0 aliphatic heterocycles. The van der Waals surface area contributed by atoms with Gasteiger partial charge in [0.2, 0.25) is 5.91 Å². The fourth-order valence-corrected chi connectivity index (χ4v) is 3.06. The van der Waals surface area contributed by atoms with E-state index in [0.29, 0.717) is 16.3 Å². The lowest BCUT2D eigenvalue weighted by atomic mass is 10.1. The zero-order valence-electron chi connectivity index (χ0n) is 13.6. The fourth-order valence-electron chi connectivity index (χ4n) is 2.34. The number of carbonyl (C=O) groups is 2. The topological polar surface area (TPSA) is 63.1 Å². The van der Waals surface area contributed by atoms with E-state index in [1.165, 1.54) is 0 Å². The lowest BCUT2D eigenvalue weighted by Gasteiger charge is -2.18. The van der Waals surface area contributed by atoms with Crippen LogP contribution >= 0.6 is 23.4 Å². The molecular formula is C17H20ClN3O2S. The molecule has 1 atom stereocenters. The minimum absolute atomic E-state index is 0.107. The van der Waals surface area contributed by atoms with Crippen LogP contribution in [0.15, 0.2) is 42.7 Å². The summed E-state index contributed by atoms with van der Waals surface area (Å²) in [7, 11) is 1.54. The SMILES string of the molecule is CNC(=O)c1ccc(NC(=O)[C@H](CCSC)n2cccc2)cc1Cl. The van der Waals surface area contributed by atoms with Crippen LogP contribution in [0.1, 0.15) is 22.8 Å². The fraction of sp³-hybridized carbons (Fsp3) is 0.294. The van der Waals surface area contributed by atoms with Crippen molar-refractivity contribution in [2.24, 2.45) is 0 Å². The van der Waals surface area contributed by atoms with E-state index in [0.717, 1.165) is 12.2 Å². The molecule has 7 heteroatoms. The van der Waals surface area contributed by atoms with Crippen molar-refractivity contribution in [1.29, 1.82) is 0 Å². The van der Waals surface area contributed by atoms with Crippen LogP contribution in [0.3, 0.4) is 0 Å². The Morgan fingerprint density at radius 2 is 2.00 bits per heavy atom. The zero-order valence-corrected chi connectivity index (χ0v) is 15.2. The van der Waals surface area contributed by atoms with Crippen LogP contribution in [0.25, 0.3) is 0 Å². The number of rotatable bonds is 7. The molecule has 2 amide bonds. The Morgan fingerprint density at radius 1 is 1.29 bits per heavy atom. The molecule has 0 unspecified atom stereocenters. The van der Waals surface area contributed by atoms with E-state index in [1.54, 1.807) is 37.0 Å². The third-order valence-corrected chi connectivity index (χ3v) is 4.55. The maximum Gasteiger partial charge on any atom is 0.252 e. The first kappa shape index (κ1) is 18.4. The van der Waals surface area contributed by atoms with Gasteiger partial charge in [-0.2, -0.15) is 11.8 Å². The number of carbonyl (C=O) groups excluding carboxylic acids is 2. The summed E-state index contributed by atoms with van der Waals surface area (Å²) in [6.07, 6.45) is 6.51. The number of hydrogen-bond acceptors (Lipinski definition) is 3. The Kier molecular flexibility index (Phi) is 6.75. The molecular weight excluding hydrogens is 346 g/mol. The molecule has 24 heavy (non-hydrogen) atoms. The third-order valence-electron chi connectivity index (χ3n) is 3.59. The Bertz CT molecular complexity index is 704. The average molecular weight is 366 g/mol. The van der Waals surface area contributed by atoms with Crippen molar-refractivity contribution in [2.45, 2.75) is 12.5 Å². The second kappa shape index (κ2) is 8.80. The first-order valence-corrected chi connectivity index (χ1v) is 9.28. The van der Waals surface area contributed by atoms with Crippen LogP contribution in [0.4, 0.5) is 5.69 Å². The normalized spacial score (nSPS) is 11.8. The van der Waals surface area contributed by atoms with Gasteiger partial charge in [0.05, 0.1) is 10.6 Å². The summed E-state index contributed by atoms with van der Waals surface area (Å²) >= 11 is 7.83. The van der Waals surface area contributed by atoms with Gasteiger partial charge in [-0.25, -0.2) is 0 Å². The number of nitrogens with one attached hydrogen (secondary N) is 2. The Morgan fingerprint density at radius 3 is 2.58 bits per heavy atom. The van der Waals surface area contributed by atoms with Crippen molar-refractivity contribution in [3.63, 3.8) is 0 Å². The Hall–Kier alpha value is -1.92. The van der Waals surface area contributed by atoms with Gasteiger partial charge >= 0.3 is 0 Å². The summed E-state index contributed by atoms with van der Waals surface area (Å²) in [4.78, 5) is 24.3. The lowest BCUT2D eigenvalue weighted by Crippen LogP contribution is -2.26. The molecule has 1 heterocycles. The van der Waals surface area contributed by atoms with Gasteiger partial charge in [0.15, 0.2) is 0 Å². The zero-order chi connectivity index (χ0) is 17.5. The third kappa shape index (κ3) is 4.55. The molecule has 0 fully saturated rings. The summed E-state index contributed by atoms with van der Waals surface area (Å²) in [6.45, 7) is 0. The van der Waals surface area contributed by atoms with Crippen molar-refractivity contribution >= 4 is 40.9 Å². The molecule has 0 saturated heterocycles. The highest BCUT2D eigenvalue weighted by molar-refractivity contribution is 7.98. The average Bonchev–Trinajstić information content (AvgIpc) is 3.09. The summed E-state index contributed by atoms with van der Waals surface area (Å²) in [6, 6.07) is 8.37. The van der Waals surface area contributed by atoms with Gasteiger partial charge < -0.3 is 15.2 Å². The minimum Gasteiger partial charge on any atom is -0.355 e. The molecule has 1 aromatic heterocycles. The van der Waals surface area contributed by atoms with E-state index < -0.39 is 0 Å². The van der Waals surface area contributed by atoms with E-state index in [-0.39, 0.29) is 17.9 Å². The van der Waals surface area contributed by atoms with E-state index in [9.17, 15) is 9.59 Å². The summed E-state index contributed by atoms with van der Waals surface area (Å²) in [5.74, 6) is 0.513. The van der Waals surface area contributed by atoms with Crippen molar-refractivity contribution in [3.8, 4) is 0 Å². The van der Waals surface area contributed by atoms with E-state index in [2.05, 4.69) is 10.6 Å². The van der Waals surface area contributed by atoms with Gasteiger partial charge in [0, 0.05) is 25.1 Å². The second-order valence-electron chi connectivity index (χ2n) is 5.19. The predicted molar refractivity (Wildman–Crippen MR) is 99.9 cm³/mol. The van der Waals surface area contributed by atoms with E-state index >= 15 is 0 Å². The van der Waals surface area contributed by atoms with Crippen LogP contribution in [0, 0.1) is 0 Å². The van der Waals surface area contributed by atoms with Crippen molar-refractivity contribution in [2.75, 3.05) is 24.4 Å². The minimum atomic E-state index is -0.287. The molecule has 0 aliphatic carbocycles. The monoisotopic (exact) mass is 365 g/mol. The number of aromatic nitrogens is 1.